The summed E-state index contributed by atoms with van der Waals surface area (Å²) < 4.78 is -0.981. The molecule has 1 aliphatic rings. The summed E-state index contributed by atoms with van der Waals surface area (Å²) in [6.45, 7) is 13.3. The average Bonchev–Trinajstić information content (AvgIpc) is 2.66. The first-order valence-corrected chi connectivity index (χ1v) is 8.87. The van der Waals surface area contributed by atoms with Crippen LogP contribution in [0.4, 0.5) is 0 Å². The molecule has 0 spiro atoms. The molecule has 0 radical (unpaired) electrons. The van der Waals surface area contributed by atoms with Crippen LogP contribution >= 0.6 is 23.2 Å². The molecule has 0 saturated carbocycles. The van der Waals surface area contributed by atoms with E-state index in [9.17, 15) is 0 Å². The van der Waals surface area contributed by atoms with Crippen LogP contribution in [0.25, 0.3) is 11.1 Å². The molecule has 2 aromatic rings. The largest absolute Gasteiger partial charge is 0.169 e. The molecule has 3 heteroatoms. The van der Waals surface area contributed by atoms with E-state index in [0.717, 1.165) is 11.1 Å². The van der Waals surface area contributed by atoms with Gasteiger partial charge in [0.05, 0.1) is 0 Å². The maximum atomic E-state index is 6.87. The summed E-state index contributed by atoms with van der Waals surface area (Å²) >= 11 is 13.7. The summed E-state index contributed by atoms with van der Waals surface area (Å²) in [6.07, 6.45) is 0. The summed E-state index contributed by atoms with van der Waals surface area (Å²) in [5, 5.41) is 0. The van der Waals surface area contributed by atoms with Gasteiger partial charge in [-0.1, -0.05) is 101 Å². The van der Waals surface area contributed by atoms with Gasteiger partial charge < -0.3 is 0 Å². The molecule has 0 bridgehead atoms. The Labute approximate surface area is 174 Å². The summed E-state index contributed by atoms with van der Waals surface area (Å²) in [7, 11) is 0. The van der Waals surface area contributed by atoms with Gasteiger partial charge in [-0.2, -0.15) is 0 Å². The van der Waals surface area contributed by atoms with Gasteiger partial charge in [0.1, 0.15) is 0 Å². The van der Waals surface area contributed by atoms with Gasteiger partial charge in [0.15, 0.2) is 4.33 Å². The molecule has 0 aliphatic heterocycles. The predicted molar refractivity (Wildman–Crippen MR) is 102 cm³/mol. The van der Waals surface area contributed by atoms with Crippen LogP contribution in [0.2, 0.25) is 0 Å². The molecular weight excluding hydrogens is 502 g/mol. The van der Waals surface area contributed by atoms with Crippen LogP contribution < -0.4 is 0 Å². The SMILES string of the molecule is CC(C)(C)c1ccc2c(c1)-c1cccc(C(C)(C)C)c1C2(Cl)Cl.[Hf]. The van der Waals surface area contributed by atoms with Crippen LogP contribution in [0.5, 0.6) is 0 Å². The summed E-state index contributed by atoms with van der Waals surface area (Å²) in [4.78, 5) is 0. The molecule has 0 fully saturated rings. The molecule has 126 valence electrons. The molecule has 3 rings (SSSR count). The monoisotopic (exact) mass is 526 g/mol. The van der Waals surface area contributed by atoms with E-state index < -0.39 is 4.33 Å². The van der Waals surface area contributed by atoms with Gasteiger partial charge in [-0.25, -0.2) is 0 Å². The fraction of sp³-hybridized carbons (Fsp3) is 0.429. The van der Waals surface area contributed by atoms with Crippen molar-refractivity contribution in [1.82, 2.24) is 0 Å². The number of alkyl halides is 2. The third-order valence-corrected chi connectivity index (χ3v) is 5.49. The standard InChI is InChI=1S/C21H24Cl2.Hf/c1-19(2,3)13-10-11-16-15(12-13)14-8-7-9-17(20(4,5)6)18(14)21(16,22)23;/h7-12H,1-6H3;. The number of rotatable bonds is 0. The van der Waals surface area contributed by atoms with Gasteiger partial charge in [-0.15, -0.1) is 0 Å². The smallest absolute Gasteiger partial charge is 0.0909 e. The fourth-order valence-corrected chi connectivity index (χ4v) is 4.12. The topological polar surface area (TPSA) is 0 Å². The van der Waals surface area contributed by atoms with E-state index in [2.05, 4.69) is 77.9 Å². The van der Waals surface area contributed by atoms with Crippen molar-refractivity contribution in [2.45, 2.75) is 56.7 Å². The Morgan fingerprint density at radius 2 is 1.42 bits per heavy atom. The molecule has 0 amide bonds. The summed E-state index contributed by atoms with van der Waals surface area (Å²) in [6, 6.07) is 12.9. The van der Waals surface area contributed by atoms with Crippen LogP contribution in [0.1, 0.15) is 63.8 Å². The predicted octanol–water partition coefficient (Wildman–Crippen LogP) is 6.94. The molecule has 0 atom stereocenters. The van der Waals surface area contributed by atoms with Crippen molar-refractivity contribution < 1.29 is 25.8 Å². The van der Waals surface area contributed by atoms with Crippen molar-refractivity contribution in [3.63, 3.8) is 0 Å². The molecule has 0 unspecified atom stereocenters. The second-order valence-corrected chi connectivity index (χ2v) is 9.89. The first-order chi connectivity index (χ1) is 10.4. The second kappa shape index (κ2) is 6.25. The molecule has 24 heavy (non-hydrogen) atoms. The van der Waals surface area contributed by atoms with Gasteiger partial charge >= 0.3 is 0 Å². The fourth-order valence-electron chi connectivity index (χ4n) is 3.38. The van der Waals surface area contributed by atoms with Crippen LogP contribution in [0.15, 0.2) is 36.4 Å². The Morgan fingerprint density at radius 3 is 1.96 bits per heavy atom. The zero-order valence-electron chi connectivity index (χ0n) is 15.2. The third kappa shape index (κ3) is 3.17. The maximum Gasteiger partial charge on any atom is 0.169 e. The number of hydrogen-bond donors (Lipinski definition) is 0. The van der Waals surface area contributed by atoms with Crippen LogP contribution in [-0.2, 0) is 41.0 Å². The number of benzene rings is 2. The van der Waals surface area contributed by atoms with Crippen molar-refractivity contribution in [2.24, 2.45) is 0 Å². The summed E-state index contributed by atoms with van der Waals surface area (Å²) in [5.41, 5.74) is 7.00. The van der Waals surface area contributed by atoms with Gasteiger partial charge in [0.25, 0.3) is 0 Å². The maximum absolute atomic E-state index is 6.87. The Morgan fingerprint density at radius 1 is 0.792 bits per heavy atom. The van der Waals surface area contributed by atoms with E-state index in [1.807, 2.05) is 0 Å². The quantitative estimate of drug-likeness (QED) is 0.258. The van der Waals surface area contributed by atoms with Crippen molar-refractivity contribution in [3.05, 3.63) is 58.7 Å². The minimum atomic E-state index is -0.981. The van der Waals surface area contributed by atoms with Crippen molar-refractivity contribution in [1.29, 1.82) is 0 Å². The first-order valence-electron chi connectivity index (χ1n) is 8.11. The minimum absolute atomic E-state index is 0. The molecule has 1 aliphatic carbocycles. The van der Waals surface area contributed by atoms with Crippen LogP contribution in [0.3, 0.4) is 0 Å². The van der Waals surface area contributed by atoms with Crippen molar-refractivity contribution >= 4 is 23.2 Å². The Balaban J connectivity index is 0.00000208. The molecule has 0 saturated heterocycles. The van der Waals surface area contributed by atoms with Crippen molar-refractivity contribution in [2.75, 3.05) is 0 Å². The first kappa shape index (κ1) is 20.2. The van der Waals surface area contributed by atoms with E-state index in [0.29, 0.717) is 0 Å². The van der Waals surface area contributed by atoms with Crippen LogP contribution in [-0.4, -0.2) is 0 Å². The minimum Gasteiger partial charge on any atom is -0.0909 e. The van der Waals surface area contributed by atoms with E-state index in [-0.39, 0.29) is 36.7 Å². The molecule has 0 N–H and O–H groups in total. The van der Waals surface area contributed by atoms with E-state index in [4.69, 9.17) is 23.2 Å². The number of fused-ring (bicyclic) bond motifs is 3. The molecule has 0 aromatic heterocycles. The number of hydrogen-bond acceptors (Lipinski definition) is 0. The van der Waals surface area contributed by atoms with Gasteiger partial charge in [0.2, 0.25) is 0 Å². The van der Waals surface area contributed by atoms with E-state index in [1.165, 1.54) is 22.3 Å². The normalized spacial score (nSPS) is 15.5. The Kier molecular flexibility index (Phi) is 5.26. The molecule has 0 nitrogen and oxygen atoms in total. The van der Waals surface area contributed by atoms with Crippen molar-refractivity contribution in [3.8, 4) is 11.1 Å². The second-order valence-electron chi connectivity index (χ2n) is 8.56. The third-order valence-electron chi connectivity index (χ3n) is 4.70. The molecule has 0 heterocycles. The zero-order chi connectivity index (χ0) is 17.2. The average molecular weight is 526 g/mol. The summed E-state index contributed by atoms with van der Waals surface area (Å²) in [5.74, 6) is 0. The van der Waals surface area contributed by atoms with Crippen LogP contribution in [0, 0.1) is 0 Å². The zero-order valence-corrected chi connectivity index (χ0v) is 20.3. The van der Waals surface area contributed by atoms with E-state index >= 15 is 0 Å². The van der Waals surface area contributed by atoms with Gasteiger partial charge in [-0.3, -0.25) is 0 Å². The molecular formula is C21H24Cl2Hf. The molecule has 2 aromatic carbocycles. The van der Waals surface area contributed by atoms with E-state index in [1.54, 1.807) is 0 Å². The van der Waals surface area contributed by atoms with Gasteiger partial charge in [-0.05, 0) is 33.1 Å². The Hall–Kier alpha value is -0.110. The number of halogens is 2. The van der Waals surface area contributed by atoms with Gasteiger partial charge in [0, 0.05) is 37.0 Å². The Bertz CT molecular complexity index is 777.